The van der Waals surface area contributed by atoms with Crippen molar-refractivity contribution < 1.29 is 17.6 Å². The lowest BCUT2D eigenvalue weighted by Crippen LogP contribution is -1.91. The fraction of sp³-hybridized carbons (Fsp3) is 0. The van der Waals surface area contributed by atoms with Gasteiger partial charge in [0.15, 0.2) is 0 Å². The Morgan fingerprint density at radius 3 is 1.03 bits per heavy atom. The van der Waals surface area contributed by atoms with Gasteiger partial charge in [0.25, 0.3) is 0 Å². The predicted octanol–water partition coefficient (Wildman–Crippen LogP) is 18.9. The maximum Gasteiger partial charge on any atom is 0.126 e. The van der Waals surface area contributed by atoms with Gasteiger partial charge in [-0.25, -0.2) is 17.6 Å². The summed E-state index contributed by atoms with van der Waals surface area (Å²) in [5.74, 6) is -2.74. The van der Waals surface area contributed by atoms with Gasteiger partial charge in [0, 0.05) is 12.1 Å². The zero-order valence-electron chi connectivity index (χ0n) is 35.7. The van der Waals surface area contributed by atoms with Crippen LogP contribution in [-0.4, -0.2) is 0 Å². The van der Waals surface area contributed by atoms with Gasteiger partial charge in [0.1, 0.15) is 23.3 Å². The van der Waals surface area contributed by atoms with Crippen LogP contribution < -0.4 is 0 Å². The van der Waals surface area contributed by atoms with Crippen LogP contribution in [-0.2, 0) is 0 Å². The largest absolute Gasteiger partial charge is 0.207 e. The molecule has 0 aliphatic rings. The van der Waals surface area contributed by atoms with E-state index in [1.54, 1.807) is 0 Å². The highest BCUT2D eigenvalue weighted by molar-refractivity contribution is 6.52. The van der Waals surface area contributed by atoms with E-state index in [0.717, 1.165) is 98.3 Å². The van der Waals surface area contributed by atoms with Crippen molar-refractivity contribution in [1.82, 2.24) is 0 Å². The molecular formula is C64H28F4. The van der Waals surface area contributed by atoms with Crippen molar-refractivity contribution >= 4 is 151 Å². The Bertz CT molecular complexity index is 4890. The molecule has 312 valence electrons. The summed E-state index contributed by atoms with van der Waals surface area (Å²) in [5.41, 5.74) is 2.17. The third-order valence-corrected chi connectivity index (χ3v) is 15.9. The molecule has 0 aliphatic heterocycles. The molecule has 0 saturated carbocycles. The van der Waals surface area contributed by atoms with Crippen LogP contribution in [0.4, 0.5) is 17.6 Å². The molecule has 0 amide bonds. The van der Waals surface area contributed by atoms with Crippen LogP contribution in [0.3, 0.4) is 0 Å². The monoisotopic (exact) mass is 872 g/mol. The fourth-order valence-electron chi connectivity index (χ4n) is 13.7. The maximum absolute atomic E-state index is 15.6. The van der Waals surface area contributed by atoms with Crippen molar-refractivity contribution in [2.45, 2.75) is 0 Å². The topological polar surface area (TPSA) is 0 Å². The summed E-state index contributed by atoms with van der Waals surface area (Å²) in [6, 6.07) is 55.4. The second-order valence-electron chi connectivity index (χ2n) is 19.0. The number of hydrogen-bond acceptors (Lipinski definition) is 0. The lowest BCUT2D eigenvalue weighted by molar-refractivity contribution is 0.583. The minimum absolute atomic E-state index is 0.396. The molecule has 0 aromatic heterocycles. The van der Waals surface area contributed by atoms with Gasteiger partial charge in [-0.3, -0.25) is 0 Å². The highest BCUT2D eigenvalue weighted by Gasteiger charge is 2.30. The van der Waals surface area contributed by atoms with E-state index >= 15 is 17.6 Å². The van der Waals surface area contributed by atoms with Crippen molar-refractivity contribution in [2.75, 3.05) is 0 Å². The number of rotatable bonds is 2. The lowest BCUT2D eigenvalue weighted by Gasteiger charge is -2.16. The van der Waals surface area contributed by atoms with Crippen LogP contribution >= 0.6 is 0 Å². The summed E-state index contributed by atoms with van der Waals surface area (Å²) in [6.07, 6.45) is 0. The van der Waals surface area contributed by atoms with Gasteiger partial charge in [-0.2, -0.15) is 0 Å². The van der Waals surface area contributed by atoms with Crippen molar-refractivity contribution in [3.8, 4) is 22.3 Å². The highest BCUT2D eigenvalue weighted by Crippen LogP contribution is 2.58. The Hall–Kier alpha value is -8.60. The van der Waals surface area contributed by atoms with Crippen LogP contribution in [0.5, 0.6) is 0 Å². The van der Waals surface area contributed by atoms with Gasteiger partial charge in [0.2, 0.25) is 0 Å². The Balaban J connectivity index is 1.10. The molecule has 0 saturated heterocycles. The molecule has 68 heavy (non-hydrogen) atoms. The van der Waals surface area contributed by atoms with E-state index in [2.05, 4.69) is 121 Å². The van der Waals surface area contributed by atoms with Crippen molar-refractivity contribution in [1.29, 1.82) is 0 Å². The van der Waals surface area contributed by atoms with E-state index in [9.17, 15) is 0 Å². The first-order valence-electron chi connectivity index (χ1n) is 23.0. The summed E-state index contributed by atoms with van der Waals surface area (Å²) in [7, 11) is 0. The number of fused-ring (bicyclic) bond motifs is 15. The Morgan fingerprint density at radius 1 is 0.191 bits per heavy atom. The fourth-order valence-corrected chi connectivity index (χ4v) is 13.7. The molecular weight excluding hydrogens is 845 g/mol. The SMILES string of the molecule is Fc1cc(F)cc(-c2c3c4cccc5cccc(c3c(-c3cc(F)cc(F)c3)c3c6ccc7c8ccc9c%10c(ccc(c%11ccc(c23)c6c%117)c8%10)c2cc3cccc6c7ccccc7c(c36)c29)c54)c1. The predicted molar refractivity (Wildman–Crippen MR) is 278 cm³/mol. The van der Waals surface area contributed by atoms with Crippen molar-refractivity contribution in [3.05, 3.63) is 193 Å². The number of benzene rings is 13. The quantitative estimate of drug-likeness (QED) is 0.0922. The molecule has 4 heteroatoms. The zero-order chi connectivity index (χ0) is 44.6. The molecule has 0 aliphatic carbocycles. The average Bonchev–Trinajstić information content (AvgIpc) is 4.07. The maximum atomic E-state index is 15.6. The first kappa shape index (κ1) is 35.6. The van der Waals surface area contributed by atoms with Crippen LogP contribution in [0.1, 0.15) is 0 Å². The molecule has 17 aromatic rings. The van der Waals surface area contributed by atoms with Gasteiger partial charge in [-0.05, 0) is 203 Å². The van der Waals surface area contributed by atoms with Crippen molar-refractivity contribution in [3.63, 3.8) is 0 Å². The molecule has 0 unspecified atom stereocenters. The van der Waals surface area contributed by atoms with E-state index in [1.165, 1.54) is 88.9 Å². The van der Waals surface area contributed by atoms with Crippen LogP contribution in [0.2, 0.25) is 0 Å². The minimum Gasteiger partial charge on any atom is -0.207 e. The van der Waals surface area contributed by atoms with Crippen LogP contribution in [0.25, 0.3) is 173 Å². The summed E-state index contributed by atoms with van der Waals surface area (Å²) >= 11 is 0. The lowest BCUT2D eigenvalue weighted by atomic mass is 9.87. The van der Waals surface area contributed by atoms with E-state index in [-0.39, 0.29) is 0 Å². The third-order valence-electron chi connectivity index (χ3n) is 15.9. The second kappa shape index (κ2) is 11.9. The molecule has 0 N–H and O–H groups in total. The molecule has 0 bridgehead atoms. The van der Waals surface area contributed by atoms with E-state index in [1.807, 2.05) is 12.1 Å². The molecule has 17 rings (SSSR count). The van der Waals surface area contributed by atoms with Gasteiger partial charge < -0.3 is 0 Å². The Labute approximate surface area is 382 Å². The highest BCUT2D eigenvalue weighted by atomic mass is 19.1. The van der Waals surface area contributed by atoms with Crippen LogP contribution in [0, 0.1) is 23.3 Å². The third kappa shape index (κ3) is 4.05. The molecule has 0 heterocycles. The smallest absolute Gasteiger partial charge is 0.126 e. The first-order chi connectivity index (χ1) is 33.4. The van der Waals surface area contributed by atoms with Gasteiger partial charge in [-0.1, -0.05) is 127 Å². The Kier molecular flexibility index (Phi) is 6.21. The summed E-state index contributed by atoms with van der Waals surface area (Å²) in [5, 5.41) is 30.5. The molecule has 0 nitrogen and oxygen atoms in total. The zero-order valence-corrected chi connectivity index (χ0v) is 35.7. The number of halogens is 4. The van der Waals surface area contributed by atoms with E-state index in [0.29, 0.717) is 22.3 Å². The molecule has 0 radical (unpaired) electrons. The Morgan fingerprint density at radius 2 is 0.515 bits per heavy atom. The normalized spacial score (nSPS) is 13.0. The summed E-state index contributed by atoms with van der Waals surface area (Å²) in [6.45, 7) is 0. The molecule has 0 atom stereocenters. The summed E-state index contributed by atoms with van der Waals surface area (Å²) in [4.78, 5) is 0. The standard InChI is InChI=1S/C64H28F4/c65-33-22-31(23-34(66)27-33)53-61-45-12-3-6-29-7-4-13-46(51(29)45)62(61)54(32-24-35(67)28-36(68)25-32)64-49-21-18-43-41-16-19-47-57-44(15-14-40(55(41)57)42-17-20-48(63(53)64)58(49)56(42)43)50-26-30-8-5-11-38-37-9-1-2-10-39(37)60(52(30)38)59(47)50/h1-28H. The van der Waals surface area contributed by atoms with E-state index in [4.69, 9.17) is 0 Å². The second-order valence-corrected chi connectivity index (χ2v) is 19.0. The molecule has 0 fully saturated rings. The number of hydrogen-bond donors (Lipinski definition) is 0. The average molecular weight is 873 g/mol. The van der Waals surface area contributed by atoms with Gasteiger partial charge in [0.05, 0.1) is 0 Å². The van der Waals surface area contributed by atoms with Gasteiger partial charge in [-0.15, -0.1) is 0 Å². The molecule has 17 aromatic carbocycles. The van der Waals surface area contributed by atoms with Crippen molar-refractivity contribution in [2.24, 2.45) is 0 Å². The summed E-state index contributed by atoms with van der Waals surface area (Å²) < 4.78 is 62.6. The van der Waals surface area contributed by atoms with Crippen LogP contribution in [0.15, 0.2) is 170 Å². The minimum atomic E-state index is -0.686. The molecule has 0 spiro atoms. The first-order valence-corrected chi connectivity index (χ1v) is 23.0. The van der Waals surface area contributed by atoms with E-state index < -0.39 is 23.3 Å². The van der Waals surface area contributed by atoms with Gasteiger partial charge >= 0.3 is 0 Å².